The lowest BCUT2D eigenvalue weighted by Crippen LogP contribution is -2.35. The van der Waals surface area contributed by atoms with Crippen molar-refractivity contribution in [3.8, 4) is 0 Å². The Kier molecular flexibility index (Phi) is 7.19. The van der Waals surface area contributed by atoms with Gasteiger partial charge in [-0.15, -0.1) is 0 Å². The summed E-state index contributed by atoms with van der Waals surface area (Å²) < 4.78 is 98.7. The molecular formula is C23H24F7NO. The van der Waals surface area contributed by atoms with Gasteiger partial charge >= 0.3 is 12.4 Å². The Morgan fingerprint density at radius 2 is 1.50 bits per heavy atom. The molecule has 1 N–H and O–H groups in total. The molecule has 0 radical (unpaired) electrons. The van der Waals surface area contributed by atoms with E-state index in [2.05, 4.69) is 5.32 Å². The molecule has 0 amide bonds. The van der Waals surface area contributed by atoms with Gasteiger partial charge in [0.2, 0.25) is 0 Å². The molecule has 1 saturated carbocycles. The van der Waals surface area contributed by atoms with Crippen LogP contribution in [0.5, 0.6) is 0 Å². The molecule has 0 aliphatic heterocycles. The zero-order valence-electron chi connectivity index (χ0n) is 17.5. The van der Waals surface area contributed by atoms with E-state index in [1.807, 2.05) is 6.92 Å². The molecule has 2 nitrogen and oxygen atoms in total. The van der Waals surface area contributed by atoms with E-state index in [9.17, 15) is 30.7 Å². The van der Waals surface area contributed by atoms with E-state index in [1.165, 1.54) is 19.1 Å². The van der Waals surface area contributed by atoms with Crippen LogP contribution in [0.3, 0.4) is 0 Å². The fraction of sp³-hybridized carbons (Fsp3) is 0.478. The molecule has 32 heavy (non-hydrogen) atoms. The summed E-state index contributed by atoms with van der Waals surface area (Å²) in [7, 11) is 0. The summed E-state index contributed by atoms with van der Waals surface area (Å²) in [6.07, 6.45) is -10.0. The topological polar surface area (TPSA) is 21.3 Å². The standard InChI is InChI=1S/C23H24F7NO/c1-3-31-19-8-9-20(21(19)14-4-6-18(24)7-5-14)32-13(2)15-10-16(22(25,26)27)12-17(11-15)23(28,29)30/h4-7,10-13,19-21,31H,3,8-9H2,1-2H3/t13-,19?,20?,21?/m0/s1. The highest BCUT2D eigenvalue weighted by atomic mass is 19.4. The molecule has 0 heterocycles. The van der Waals surface area contributed by atoms with Gasteiger partial charge in [0, 0.05) is 12.0 Å². The fourth-order valence-corrected chi connectivity index (χ4v) is 4.29. The van der Waals surface area contributed by atoms with Crippen molar-refractivity contribution in [2.45, 2.75) is 63.2 Å². The predicted molar refractivity (Wildman–Crippen MR) is 106 cm³/mol. The summed E-state index contributed by atoms with van der Waals surface area (Å²) in [6.45, 7) is 4.05. The molecule has 2 aromatic rings. The van der Waals surface area contributed by atoms with Crippen molar-refractivity contribution in [2.24, 2.45) is 0 Å². The first-order chi connectivity index (χ1) is 14.9. The summed E-state index contributed by atoms with van der Waals surface area (Å²) in [5.41, 5.74) is -2.14. The van der Waals surface area contributed by atoms with Crippen molar-refractivity contribution in [3.63, 3.8) is 0 Å². The maximum atomic E-state index is 13.4. The number of ether oxygens (including phenoxy) is 1. The molecule has 3 rings (SSSR count). The Bertz CT molecular complexity index is 876. The first kappa shape index (κ1) is 24.5. The Hall–Kier alpha value is -2.13. The van der Waals surface area contributed by atoms with Crippen LogP contribution in [0.15, 0.2) is 42.5 Å². The van der Waals surface area contributed by atoms with E-state index < -0.39 is 41.5 Å². The maximum absolute atomic E-state index is 13.4. The molecular weight excluding hydrogens is 439 g/mol. The van der Waals surface area contributed by atoms with Crippen molar-refractivity contribution in [1.82, 2.24) is 5.32 Å². The number of halogens is 7. The first-order valence-electron chi connectivity index (χ1n) is 10.3. The van der Waals surface area contributed by atoms with E-state index in [0.717, 1.165) is 5.56 Å². The molecule has 0 spiro atoms. The molecule has 176 valence electrons. The summed E-state index contributed by atoms with van der Waals surface area (Å²) in [5, 5.41) is 3.34. The zero-order valence-corrected chi connectivity index (χ0v) is 17.5. The van der Waals surface area contributed by atoms with Gasteiger partial charge in [-0.2, -0.15) is 26.3 Å². The number of rotatable bonds is 6. The smallest absolute Gasteiger partial charge is 0.370 e. The fourth-order valence-electron chi connectivity index (χ4n) is 4.29. The molecule has 2 aromatic carbocycles. The SMILES string of the molecule is CCNC1CCC(O[C@@H](C)c2cc(C(F)(F)F)cc(C(F)(F)F)c2)C1c1ccc(F)cc1. The molecule has 4 atom stereocenters. The molecule has 1 aliphatic rings. The molecule has 0 aromatic heterocycles. The lowest BCUT2D eigenvalue weighted by Gasteiger charge is -2.29. The molecule has 1 fully saturated rings. The highest BCUT2D eigenvalue weighted by Gasteiger charge is 2.40. The summed E-state index contributed by atoms with van der Waals surface area (Å²) in [5.74, 6) is -0.618. The van der Waals surface area contributed by atoms with Crippen molar-refractivity contribution < 1.29 is 35.5 Å². The third-order valence-electron chi connectivity index (χ3n) is 5.78. The van der Waals surface area contributed by atoms with Gasteiger partial charge < -0.3 is 10.1 Å². The Labute approximate surface area is 181 Å². The van der Waals surface area contributed by atoms with Gasteiger partial charge in [-0.05, 0) is 67.8 Å². The summed E-state index contributed by atoms with van der Waals surface area (Å²) >= 11 is 0. The largest absolute Gasteiger partial charge is 0.416 e. The van der Waals surface area contributed by atoms with Crippen molar-refractivity contribution in [2.75, 3.05) is 6.54 Å². The van der Waals surface area contributed by atoms with Crippen LogP contribution < -0.4 is 5.32 Å². The third-order valence-corrected chi connectivity index (χ3v) is 5.78. The number of hydrogen-bond donors (Lipinski definition) is 1. The summed E-state index contributed by atoms with van der Waals surface area (Å²) in [6, 6.07) is 7.39. The second kappa shape index (κ2) is 9.39. The van der Waals surface area contributed by atoms with Crippen LogP contribution in [-0.2, 0) is 17.1 Å². The lowest BCUT2D eigenvalue weighted by molar-refractivity contribution is -0.143. The van der Waals surface area contributed by atoms with E-state index in [-0.39, 0.29) is 23.6 Å². The normalized spacial score (nSPS) is 22.8. The van der Waals surface area contributed by atoms with Crippen LogP contribution in [0.25, 0.3) is 0 Å². The van der Waals surface area contributed by atoms with Crippen molar-refractivity contribution in [3.05, 3.63) is 70.5 Å². The minimum Gasteiger partial charge on any atom is -0.370 e. The predicted octanol–water partition coefficient (Wildman–Crippen LogP) is 6.87. The number of likely N-dealkylation sites (N-methyl/N-ethyl adjacent to an activating group) is 1. The van der Waals surface area contributed by atoms with Gasteiger partial charge in [0.1, 0.15) is 5.82 Å². The van der Waals surface area contributed by atoms with Gasteiger partial charge in [-0.3, -0.25) is 0 Å². The maximum Gasteiger partial charge on any atom is 0.416 e. The molecule has 1 aliphatic carbocycles. The van der Waals surface area contributed by atoms with Crippen molar-refractivity contribution in [1.29, 1.82) is 0 Å². The van der Waals surface area contributed by atoms with Gasteiger partial charge in [0.15, 0.2) is 0 Å². The van der Waals surface area contributed by atoms with E-state index in [0.29, 0.717) is 31.5 Å². The lowest BCUT2D eigenvalue weighted by atomic mass is 9.92. The van der Waals surface area contributed by atoms with Crippen LogP contribution in [0, 0.1) is 5.82 Å². The Morgan fingerprint density at radius 1 is 0.938 bits per heavy atom. The second-order valence-corrected chi connectivity index (χ2v) is 7.97. The van der Waals surface area contributed by atoms with Gasteiger partial charge in [-0.1, -0.05) is 19.1 Å². The molecule has 3 unspecified atom stereocenters. The second-order valence-electron chi connectivity index (χ2n) is 7.97. The summed E-state index contributed by atoms with van der Waals surface area (Å²) in [4.78, 5) is 0. The quantitative estimate of drug-likeness (QED) is 0.473. The van der Waals surface area contributed by atoms with E-state index in [4.69, 9.17) is 4.74 Å². The average molecular weight is 463 g/mol. The van der Waals surface area contributed by atoms with Crippen LogP contribution in [-0.4, -0.2) is 18.7 Å². The highest BCUT2D eigenvalue weighted by Crippen LogP contribution is 2.42. The Morgan fingerprint density at radius 3 is 2.00 bits per heavy atom. The van der Waals surface area contributed by atoms with Gasteiger partial charge in [0.05, 0.1) is 23.3 Å². The monoisotopic (exact) mass is 463 g/mol. The van der Waals surface area contributed by atoms with E-state index in [1.54, 1.807) is 12.1 Å². The first-order valence-corrected chi connectivity index (χ1v) is 10.3. The third kappa shape index (κ3) is 5.61. The minimum atomic E-state index is -4.92. The number of hydrogen-bond acceptors (Lipinski definition) is 2. The van der Waals surface area contributed by atoms with Crippen molar-refractivity contribution >= 4 is 0 Å². The van der Waals surface area contributed by atoms with Crippen LogP contribution >= 0.6 is 0 Å². The average Bonchev–Trinajstić information content (AvgIpc) is 3.09. The van der Waals surface area contributed by atoms with E-state index >= 15 is 0 Å². The molecule has 9 heteroatoms. The number of benzene rings is 2. The highest BCUT2D eigenvalue weighted by molar-refractivity contribution is 5.35. The molecule has 0 saturated heterocycles. The van der Waals surface area contributed by atoms with Crippen LogP contribution in [0.2, 0.25) is 0 Å². The van der Waals surface area contributed by atoms with Crippen LogP contribution in [0.4, 0.5) is 30.7 Å². The van der Waals surface area contributed by atoms with Gasteiger partial charge in [0.25, 0.3) is 0 Å². The van der Waals surface area contributed by atoms with Crippen LogP contribution in [0.1, 0.15) is 61.0 Å². The minimum absolute atomic E-state index is 0.00472. The Balaban J connectivity index is 1.90. The molecule has 0 bridgehead atoms. The zero-order chi connectivity index (χ0) is 23.7. The van der Waals surface area contributed by atoms with Gasteiger partial charge in [-0.25, -0.2) is 4.39 Å². The number of nitrogens with one attached hydrogen (secondary N) is 1. The number of alkyl halides is 6.